The molecule has 1 aromatic rings. The highest BCUT2D eigenvalue weighted by atomic mass is 32.1. The van der Waals surface area contributed by atoms with Crippen molar-refractivity contribution in [2.45, 2.75) is 13.8 Å². The average molecular weight is 233 g/mol. The quantitative estimate of drug-likeness (QED) is 0.753. The summed E-state index contributed by atoms with van der Waals surface area (Å²) in [5, 5.41) is 6.48. The molecule has 2 N–H and O–H groups in total. The van der Waals surface area contributed by atoms with E-state index >= 15 is 0 Å². The normalized spacial score (nSPS) is 19.8. The molecule has 2 rings (SSSR count). The zero-order valence-electron chi connectivity index (χ0n) is 9.47. The molecule has 0 bridgehead atoms. The monoisotopic (exact) mass is 233 g/mol. The van der Waals surface area contributed by atoms with Crippen LogP contribution >= 0.6 is 12.2 Å². The first-order chi connectivity index (χ1) is 7.58. The lowest BCUT2D eigenvalue weighted by Gasteiger charge is -2.10. The van der Waals surface area contributed by atoms with E-state index in [0.29, 0.717) is 11.0 Å². The van der Waals surface area contributed by atoms with Crippen LogP contribution in [0.2, 0.25) is 0 Å². The van der Waals surface area contributed by atoms with Gasteiger partial charge in [-0.2, -0.15) is 5.10 Å². The van der Waals surface area contributed by atoms with Gasteiger partial charge in [0.25, 0.3) is 0 Å². The van der Waals surface area contributed by atoms with E-state index in [-0.39, 0.29) is 0 Å². The molecular weight excluding hydrogens is 218 g/mol. The van der Waals surface area contributed by atoms with Crippen LogP contribution < -0.4 is 5.73 Å². The number of nitrogens with two attached hydrogens (primary N) is 1. The van der Waals surface area contributed by atoms with Gasteiger partial charge in [-0.1, -0.05) is 36.8 Å². The Bertz CT molecular complexity index is 436. The molecule has 4 heteroatoms. The lowest BCUT2D eigenvalue weighted by atomic mass is 9.99. The van der Waals surface area contributed by atoms with E-state index in [1.54, 1.807) is 5.01 Å². The highest BCUT2D eigenvalue weighted by Crippen LogP contribution is 2.19. The van der Waals surface area contributed by atoms with Gasteiger partial charge < -0.3 is 5.73 Å². The van der Waals surface area contributed by atoms with Crippen LogP contribution in [0.3, 0.4) is 0 Å². The van der Waals surface area contributed by atoms with Crippen molar-refractivity contribution in [1.82, 2.24) is 5.01 Å². The zero-order valence-corrected chi connectivity index (χ0v) is 10.3. The van der Waals surface area contributed by atoms with Crippen LogP contribution in [0.15, 0.2) is 29.4 Å². The average Bonchev–Trinajstić information content (AvgIpc) is 2.62. The summed E-state index contributed by atoms with van der Waals surface area (Å²) in [6.45, 7) is 4.99. The summed E-state index contributed by atoms with van der Waals surface area (Å²) in [6.07, 6.45) is 0. The van der Waals surface area contributed by atoms with Crippen molar-refractivity contribution in [3.8, 4) is 0 Å². The van der Waals surface area contributed by atoms with Gasteiger partial charge >= 0.3 is 0 Å². The highest BCUT2D eigenvalue weighted by Gasteiger charge is 2.24. The molecule has 3 nitrogen and oxygen atoms in total. The van der Waals surface area contributed by atoms with Gasteiger partial charge in [-0.3, -0.25) is 0 Å². The molecule has 0 saturated carbocycles. The SMILES string of the molecule is Cc1ccc(C2=NN(C(N)=S)CC2C)cc1. The van der Waals surface area contributed by atoms with Crippen molar-refractivity contribution < 1.29 is 0 Å². The number of hydrogen-bond acceptors (Lipinski definition) is 2. The molecule has 1 aliphatic heterocycles. The van der Waals surface area contributed by atoms with E-state index < -0.39 is 0 Å². The Morgan fingerprint density at radius 3 is 2.56 bits per heavy atom. The number of hydrazone groups is 1. The minimum Gasteiger partial charge on any atom is -0.375 e. The summed E-state index contributed by atoms with van der Waals surface area (Å²) >= 11 is 4.93. The van der Waals surface area contributed by atoms with Gasteiger partial charge in [-0.15, -0.1) is 0 Å². The summed E-state index contributed by atoms with van der Waals surface area (Å²) in [5.74, 6) is 0.365. The first kappa shape index (κ1) is 11.1. The smallest absolute Gasteiger partial charge is 0.186 e. The summed E-state index contributed by atoms with van der Waals surface area (Å²) < 4.78 is 0. The molecule has 0 fully saturated rings. The lowest BCUT2D eigenvalue weighted by molar-refractivity contribution is 0.459. The molecule has 0 spiro atoms. The molecule has 1 atom stereocenters. The number of nitrogens with zero attached hydrogens (tertiary/aromatic N) is 2. The molecule has 84 valence electrons. The van der Waals surface area contributed by atoms with Crippen molar-refractivity contribution in [1.29, 1.82) is 0 Å². The summed E-state index contributed by atoms with van der Waals surface area (Å²) in [4.78, 5) is 0. The maximum atomic E-state index is 5.57. The maximum absolute atomic E-state index is 5.57. The third-order valence-corrected chi connectivity index (χ3v) is 2.95. The molecule has 0 aromatic heterocycles. The molecule has 0 radical (unpaired) electrons. The summed E-state index contributed by atoms with van der Waals surface area (Å²) in [7, 11) is 0. The second-order valence-electron chi connectivity index (χ2n) is 4.17. The Hall–Kier alpha value is -1.42. The molecule has 1 heterocycles. The Kier molecular flexibility index (Phi) is 2.92. The maximum Gasteiger partial charge on any atom is 0.186 e. The van der Waals surface area contributed by atoms with Crippen LogP contribution in [0.1, 0.15) is 18.1 Å². The first-order valence-corrected chi connectivity index (χ1v) is 5.71. The van der Waals surface area contributed by atoms with Gasteiger partial charge in [0.15, 0.2) is 5.11 Å². The second-order valence-corrected chi connectivity index (χ2v) is 4.59. The fourth-order valence-electron chi connectivity index (χ4n) is 1.82. The van der Waals surface area contributed by atoms with Gasteiger partial charge in [0, 0.05) is 5.92 Å². The van der Waals surface area contributed by atoms with Crippen LogP contribution in [0, 0.1) is 12.8 Å². The predicted molar refractivity (Wildman–Crippen MR) is 70.4 cm³/mol. The molecule has 0 aliphatic carbocycles. The van der Waals surface area contributed by atoms with Crippen LogP contribution in [0.5, 0.6) is 0 Å². The highest BCUT2D eigenvalue weighted by molar-refractivity contribution is 7.80. The number of thiocarbonyl (C=S) groups is 1. The zero-order chi connectivity index (χ0) is 11.7. The van der Waals surface area contributed by atoms with Crippen LogP contribution in [-0.2, 0) is 0 Å². The van der Waals surface area contributed by atoms with Crippen LogP contribution in [-0.4, -0.2) is 22.4 Å². The largest absolute Gasteiger partial charge is 0.375 e. The first-order valence-electron chi connectivity index (χ1n) is 5.30. The predicted octanol–water partition coefficient (Wildman–Crippen LogP) is 1.89. The molecular formula is C12H15N3S. The van der Waals surface area contributed by atoms with Gasteiger partial charge in [-0.05, 0) is 24.7 Å². The minimum absolute atomic E-state index is 0.342. The van der Waals surface area contributed by atoms with Crippen molar-refractivity contribution >= 4 is 23.0 Å². The van der Waals surface area contributed by atoms with Crippen molar-refractivity contribution in [2.75, 3.05) is 6.54 Å². The second kappa shape index (κ2) is 4.22. The topological polar surface area (TPSA) is 41.6 Å². The molecule has 0 amide bonds. The molecule has 1 aliphatic rings. The molecule has 1 aromatic carbocycles. The van der Waals surface area contributed by atoms with Crippen molar-refractivity contribution in [2.24, 2.45) is 16.8 Å². The number of benzene rings is 1. The van der Waals surface area contributed by atoms with E-state index in [0.717, 1.165) is 17.8 Å². The Morgan fingerprint density at radius 1 is 1.44 bits per heavy atom. The fraction of sp³-hybridized carbons (Fsp3) is 0.333. The van der Waals surface area contributed by atoms with Gasteiger partial charge in [0.1, 0.15) is 0 Å². The number of rotatable bonds is 1. The van der Waals surface area contributed by atoms with Crippen LogP contribution in [0.4, 0.5) is 0 Å². The van der Waals surface area contributed by atoms with E-state index in [1.807, 2.05) is 0 Å². The Labute approximate surface area is 101 Å². The molecule has 0 saturated heterocycles. The fourth-order valence-corrected chi connectivity index (χ4v) is 1.94. The van der Waals surface area contributed by atoms with E-state index in [2.05, 4.69) is 43.2 Å². The van der Waals surface area contributed by atoms with Gasteiger partial charge in [0.05, 0.1) is 12.3 Å². The van der Waals surface area contributed by atoms with Crippen molar-refractivity contribution in [3.05, 3.63) is 35.4 Å². The third-order valence-electron chi connectivity index (χ3n) is 2.74. The van der Waals surface area contributed by atoms with Gasteiger partial charge in [-0.25, -0.2) is 5.01 Å². The number of hydrogen-bond donors (Lipinski definition) is 1. The Balaban J connectivity index is 2.30. The van der Waals surface area contributed by atoms with E-state index in [4.69, 9.17) is 18.0 Å². The number of aryl methyl sites for hydroxylation is 1. The summed E-state index contributed by atoms with van der Waals surface area (Å²) in [6, 6.07) is 8.36. The lowest BCUT2D eigenvalue weighted by Crippen LogP contribution is -2.30. The van der Waals surface area contributed by atoms with Gasteiger partial charge in [0.2, 0.25) is 0 Å². The van der Waals surface area contributed by atoms with Crippen molar-refractivity contribution in [3.63, 3.8) is 0 Å². The van der Waals surface area contributed by atoms with E-state index in [9.17, 15) is 0 Å². The third kappa shape index (κ3) is 2.07. The molecule has 1 unspecified atom stereocenters. The Morgan fingerprint density at radius 2 is 2.06 bits per heavy atom. The van der Waals surface area contributed by atoms with E-state index in [1.165, 1.54) is 5.56 Å². The minimum atomic E-state index is 0.342. The molecule has 16 heavy (non-hydrogen) atoms. The summed E-state index contributed by atoms with van der Waals surface area (Å²) in [5.41, 5.74) is 9.04. The standard InChI is InChI=1S/C12H15N3S/c1-8-3-5-10(6-4-8)11-9(2)7-15(14-11)12(13)16/h3-6,9H,7H2,1-2H3,(H2,13,16). The van der Waals surface area contributed by atoms with Crippen LogP contribution in [0.25, 0.3) is 0 Å².